The Morgan fingerprint density at radius 2 is 1.80 bits per heavy atom. The Kier molecular flexibility index (Phi) is 4.97. The van der Waals surface area contributed by atoms with E-state index in [2.05, 4.69) is 28.9 Å². The van der Waals surface area contributed by atoms with E-state index in [4.69, 9.17) is 5.10 Å². The molecule has 1 aliphatic heterocycles. The summed E-state index contributed by atoms with van der Waals surface area (Å²) in [6.07, 6.45) is 2.47. The van der Waals surface area contributed by atoms with Gasteiger partial charge in [0.15, 0.2) is 0 Å². The molecule has 1 fully saturated rings. The lowest BCUT2D eigenvalue weighted by Crippen LogP contribution is -2.35. The van der Waals surface area contributed by atoms with Gasteiger partial charge >= 0.3 is 0 Å². The van der Waals surface area contributed by atoms with Crippen molar-refractivity contribution in [3.05, 3.63) is 82.6 Å². The van der Waals surface area contributed by atoms with Crippen molar-refractivity contribution in [2.45, 2.75) is 26.3 Å². The molecule has 4 aromatic rings. The van der Waals surface area contributed by atoms with Crippen LogP contribution < -0.4 is 5.56 Å². The van der Waals surface area contributed by atoms with Gasteiger partial charge in [-0.2, -0.15) is 5.10 Å². The molecular formula is C25H26N4O. The fraction of sp³-hybridized carbons (Fsp3) is 0.280. The van der Waals surface area contributed by atoms with Crippen LogP contribution in [0.25, 0.3) is 28.0 Å². The molecule has 1 aliphatic rings. The van der Waals surface area contributed by atoms with Crippen LogP contribution in [0.2, 0.25) is 0 Å². The Labute approximate surface area is 176 Å². The van der Waals surface area contributed by atoms with Gasteiger partial charge < -0.3 is 4.98 Å². The number of benzene rings is 2. The van der Waals surface area contributed by atoms with Crippen molar-refractivity contribution in [3.63, 3.8) is 0 Å². The van der Waals surface area contributed by atoms with E-state index in [0.717, 1.165) is 46.6 Å². The molecule has 0 saturated carbocycles. The van der Waals surface area contributed by atoms with Crippen molar-refractivity contribution < 1.29 is 0 Å². The molecule has 0 aliphatic carbocycles. The van der Waals surface area contributed by atoms with E-state index in [-0.39, 0.29) is 5.56 Å². The summed E-state index contributed by atoms with van der Waals surface area (Å²) < 4.78 is 1.84. The van der Waals surface area contributed by atoms with Crippen molar-refractivity contribution in [1.29, 1.82) is 0 Å². The van der Waals surface area contributed by atoms with E-state index in [0.29, 0.717) is 12.5 Å². The van der Waals surface area contributed by atoms with Gasteiger partial charge in [0.25, 0.3) is 5.56 Å². The highest BCUT2D eigenvalue weighted by atomic mass is 16.1. The first kappa shape index (κ1) is 18.8. The second-order valence-corrected chi connectivity index (χ2v) is 8.33. The standard InChI is InChI=1S/C25H26N4O/c1-18-9-8-14-28(16-18)17-20-15-22-23(19-10-4-2-5-11-19)27-29(24(22)26-25(20)30)21-12-6-3-7-13-21/h2-7,10-13,15,18H,8-9,14,16-17H2,1H3,(H,26,30)/t18-/m1/s1. The van der Waals surface area contributed by atoms with Gasteiger partial charge in [-0.15, -0.1) is 0 Å². The number of piperidine rings is 1. The maximum atomic E-state index is 13.0. The predicted octanol–water partition coefficient (Wildman–Crippen LogP) is 4.61. The summed E-state index contributed by atoms with van der Waals surface area (Å²) in [6.45, 7) is 5.07. The molecule has 0 bridgehead atoms. The quantitative estimate of drug-likeness (QED) is 0.546. The third-order valence-corrected chi connectivity index (χ3v) is 5.95. The highest BCUT2D eigenvalue weighted by Crippen LogP contribution is 2.29. The van der Waals surface area contributed by atoms with Gasteiger partial charge in [-0.25, -0.2) is 4.68 Å². The number of nitrogens with zero attached hydrogens (tertiary/aromatic N) is 3. The second kappa shape index (κ2) is 7.92. The Bertz CT molecular complexity index is 1210. The van der Waals surface area contributed by atoms with Crippen LogP contribution in [0.4, 0.5) is 0 Å². The molecule has 0 amide bonds. The Morgan fingerprint density at radius 3 is 2.53 bits per heavy atom. The zero-order chi connectivity index (χ0) is 20.5. The minimum Gasteiger partial charge on any atom is -0.306 e. The molecule has 5 rings (SSSR count). The van der Waals surface area contributed by atoms with E-state index < -0.39 is 0 Å². The molecule has 2 aromatic carbocycles. The van der Waals surface area contributed by atoms with Crippen molar-refractivity contribution in [1.82, 2.24) is 19.7 Å². The average molecular weight is 399 g/mol. The van der Waals surface area contributed by atoms with Crippen molar-refractivity contribution in [2.24, 2.45) is 5.92 Å². The number of aromatic amines is 1. The number of nitrogens with one attached hydrogen (secondary N) is 1. The molecule has 0 spiro atoms. The fourth-order valence-corrected chi connectivity index (χ4v) is 4.47. The Balaban J connectivity index is 1.65. The number of aromatic nitrogens is 3. The van der Waals surface area contributed by atoms with Crippen LogP contribution in [0.15, 0.2) is 71.5 Å². The molecule has 0 radical (unpaired) electrons. The summed E-state index contributed by atoms with van der Waals surface area (Å²) in [5.41, 5.74) is 4.37. The number of hydrogen-bond donors (Lipinski definition) is 1. The largest absolute Gasteiger partial charge is 0.306 e. The molecule has 5 nitrogen and oxygen atoms in total. The van der Waals surface area contributed by atoms with Gasteiger partial charge in [-0.1, -0.05) is 55.5 Å². The average Bonchev–Trinajstić information content (AvgIpc) is 3.13. The van der Waals surface area contributed by atoms with E-state index in [9.17, 15) is 4.79 Å². The number of likely N-dealkylation sites (tertiary alicyclic amines) is 1. The topological polar surface area (TPSA) is 53.9 Å². The van der Waals surface area contributed by atoms with E-state index in [1.54, 1.807) is 0 Å². The van der Waals surface area contributed by atoms with Gasteiger partial charge in [0, 0.05) is 29.6 Å². The van der Waals surface area contributed by atoms with E-state index in [1.165, 1.54) is 12.8 Å². The Hall–Kier alpha value is -3.18. The molecule has 1 N–H and O–H groups in total. The molecule has 5 heteroatoms. The van der Waals surface area contributed by atoms with Crippen LogP contribution in [0.5, 0.6) is 0 Å². The van der Waals surface area contributed by atoms with Crippen LogP contribution in [-0.2, 0) is 6.54 Å². The summed E-state index contributed by atoms with van der Waals surface area (Å²) in [4.78, 5) is 18.5. The lowest BCUT2D eigenvalue weighted by molar-refractivity contribution is 0.176. The van der Waals surface area contributed by atoms with Crippen molar-refractivity contribution >= 4 is 11.0 Å². The van der Waals surface area contributed by atoms with Gasteiger partial charge in [0.2, 0.25) is 0 Å². The SMILES string of the molecule is C[C@@H]1CCCN(Cc2cc3c(-c4ccccc4)nn(-c4ccccc4)c3[nH]c2=O)C1. The minimum atomic E-state index is -0.0302. The normalized spacial score (nSPS) is 17.4. The third kappa shape index (κ3) is 3.57. The van der Waals surface area contributed by atoms with E-state index in [1.807, 2.05) is 59.3 Å². The van der Waals surface area contributed by atoms with Crippen LogP contribution in [0.3, 0.4) is 0 Å². The minimum absolute atomic E-state index is 0.0302. The summed E-state index contributed by atoms with van der Waals surface area (Å²) >= 11 is 0. The molecule has 1 saturated heterocycles. The highest BCUT2D eigenvalue weighted by molar-refractivity contribution is 5.92. The van der Waals surface area contributed by atoms with Crippen molar-refractivity contribution in [2.75, 3.05) is 13.1 Å². The number of para-hydroxylation sites is 1. The monoisotopic (exact) mass is 398 g/mol. The fourth-order valence-electron chi connectivity index (χ4n) is 4.47. The van der Waals surface area contributed by atoms with E-state index >= 15 is 0 Å². The number of hydrogen-bond acceptors (Lipinski definition) is 3. The number of pyridine rings is 1. The van der Waals surface area contributed by atoms with Gasteiger partial charge in [-0.05, 0) is 43.5 Å². The smallest absolute Gasteiger partial charge is 0.254 e. The summed E-state index contributed by atoms with van der Waals surface area (Å²) in [5, 5.41) is 5.88. The third-order valence-electron chi connectivity index (χ3n) is 5.95. The molecular weight excluding hydrogens is 372 g/mol. The molecule has 3 heterocycles. The molecule has 1 atom stereocenters. The zero-order valence-corrected chi connectivity index (χ0v) is 17.2. The second-order valence-electron chi connectivity index (χ2n) is 8.33. The lowest BCUT2D eigenvalue weighted by atomic mass is 10.00. The zero-order valence-electron chi connectivity index (χ0n) is 17.2. The highest BCUT2D eigenvalue weighted by Gasteiger charge is 2.20. The molecule has 152 valence electrons. The predicted molar refractivity (Wildman–Crippen MR) is 121 cm³/mol. The summed E-state index contributed by atoms with van der Waals surface area (Å²) in [7, 11) is 0. The maximum absolute atomic E-state index is 13.0. The molecule has 2 aromatic heterocycles. The van der Waals surface area contributed by atoms with Crippen LogP contribution in [0.1, 0.15) is 25.3 Å². The van der Waals surface area contributed by atoms with Crippen molar-refractivity contribution in [3.8, 4) is 16.9 Å². The van der Waals surface area contributed by atoms with Crippen LogP contribution in [0, 0.1) is 5.92 Å². The van der Waals surface area contributed by atoms with Crippen LogP contribution >= 0.6 is 0 Å². The molecule has 30 heavy (non-hydrogen) atoms. The first-order chi connectivity index (χ1) is 14.7. The maximum Gasteiger partial charge on any atom is 0.254 e. The van der Waals surface area contributed by atoms with Gasteiger partial charge in [-0.3, -0.25) is 9.69 Å². The van der Waals surface area contributed by atoms with Gasteiger partial charge in [0.05, 0.1) is 5.69 Å². The van der Waals surface area contributed by atoms with Gasteiger partial charge in [0.1, 0.15) is 11.3 Å². The van der Waals surface area contributed by atoms with Crippen LogP contribution in [-0.4, -0.2) is 32.8 Å². The first-order valence-electron chi connectivity index (χ1n) is 10.7. The number of fused-ring (bicyclic) bond motifs is 1. The summed E-state index contributed by atoms with van der Waals surface area (Å²) in [6, 6.07) is 22.2. The lowest BCUT2D eigenvalue weighted by Gasteiger charge is -2.30. The number of rotatable bonds is 4. The first-order valence-corrected chi connectivity index (χ1v) is 10.7. The summed E-state index contributed by atoms with van der Waals surface area (Å²) in [5.74, 6) is 0.683. The Morgan fingerprint density at radius 1 is 1.07 bits per heavy atom. The molecule has 0 unspecified atom stereocenters. The number of H-pyrrole nitrogens is 1.